The molecule has 0 aromatic heterocycles. The van der Waals surface area contributed by atoms with Crippen molar-refractivity contribution in [3.05, 3.63) is 63.7 Å². The predicted molar refractivity (Wildman–Crippen MR) is 140 cm³/mol. The number of nitrogens with one attached hydrogen (secondary N) is 1. The van der Waals surface area contributed by atoms with E-state index in [9.17, 15) is 9.59 Å². The Labute approximate surface area is 206 Å². The molecule has 0 saturated heterocycles. The molecule has 0 heterocycles. The van der Waals surface area contributed by atoms with Gasteiger partial charge < -0.3 is 5.32 Å². The van der Waals surface area contributed by atoms with E-state index in [2.05, 4.69) is 41.8 Å². The SMILES string of the molecule is CCCC(CC)NC(=O)C(C1CCCCC1)N(C(=O)c1ccccc1I)c1ccccc1. The molecule has 2 aromatic rings. The van der Waals surface area contributed by atoms with Crippen LogP contribution in [-0.4, -0.2) is 23.9 Å². The average Bonchev–Trinajstić information content (AvgIpc) is 2.83. The Morgan fingerprint density at radius 3 is 2.28 bits per heavy atom. The second kappa shape index (κ2) is 12.4. The van der Waals surface area contributed by atoms with Gasteiger partial charge in [-0.25, -0.2) is 0 Å². The fourth-order valence-electron chi connectivity index (χ4n) is 4.76. The third kappa shape index (κ3) is 6.12. The molecule has 0 radical (unpaired) electrons. The van der Waals surface area contributed by atoms with E-state index in [1.807, 2.05) is 54.6 Å². The van der Waals surface area contributed by atoms with E-state index in [4.69, 9.17) is 0 Å². The Hall–Kier alpha value is -1.89. The van der Waals surface area contributed by atoms with Gasteiger partial charge in [0.25, 0.3) is 5.91 Å². The van der Waals surface area contributed by atoms with Gasteiger partial charge in [-0.1, -0.05) is 69.9 Å². The molecule has 1 fully saturated rings. The highest BCUT2D eigenvalue weighted by molar-refractivity contribution is 14.1. The highest BCUT2D eigenvalue weighted by Crippen LogP contribution is 2.33. The number of carbonyl (C=O) groups is 2. The average molecular weight is 546 g/mol. The molecule has 2 amide bonds. The number of hydrogen-bond donors (Lipinski definition) is 1. The molecular weight excluding hydrogens is 511 g/mol. The molecule has 2 unspecified atom stereocenters. The van der Waals surface area contributed by atoms with Gasteiger partial charge in [-0.05, 0) is 78.5 Å². The molecule has 3 rings (SSSR count). The van der Waals surface area contributed by atoms with Crippen molar-refractivity contribution < 1.29 is 9.59 Å². The zero-order chi connectivity index (χ0) is 22.9. The smallest absolute Gasteiger partial charge is 0.260 e. The highest BCUT2D eigenvalue weighted by atomic mass is 127. The summed E-state index contributed by atoms with van der Waals surface area (Å²) >= 11 is 2.21. The van der Waals surface area contributed by atoms with E-state index in [0.717, 1.165) is 54.2 Å². The standard InChI is InChI=1S/C27H35IN2O2/c1-3-13-21(4-2)29-26(31)25(20-14-7-5-8-15-20)30(22-16-9-6-10-17-22)27(32)23-18-11-12-19-24(23)28/h6,9-12,16-21,25H,3-5,7-8,13-15H2,1-2H3,(H,29,31). The molecule has 0 bridgehead atoms. The molecule has 172 valence electrons. The van der Waals surface area contributed by atoms with Crippen LogP contribution in [0.5, 0.6) is 0 Å². The van der Waals surface area contributed by atoms with E-state index in [1.54, 1.807) is 4.90 Å². The maximum atomic E-state index is 14.0. The van der Waals surface area contributed by atoms with Crippen LogP contribution in [0.1, 0.15) is 75.6 Å². The van der Waals surface area contributed by atoms with Crippen molar-refractivity contribution in [2.45, 2.75) is 77.3 Å². The monoisotopic (exact) mass is 546 g/mol. The summed E-state index contributed by atoms with van der Waals surface area (Å²) in [5.41, 5.74) is 1.43. The Kier molecular flexibility index (Phi) is 9.57. The van der Waals surface area contributed by atoms with Crippen molar-refractivity contribution in [1.29, 1.82) is 0 Å². The van der Waals surface area contributed by atoms with Crippen molar-refractivity contribution in [3.63, 3.8) is 0 Å². The summed E-state index contributed by atoms with van der Waals surface area (Å²) in [5.74, 6) is 0.0456. The molecule has 4 nitrogen and oxygen atoms in total. The number of para-hydroxylation sites is 1. The predicted octanol–water partition coefficient (Wildman–Crippen LogP) is 6.58. The second-order valence-corrected chi connectivity index (χ2v) is 9.90. The number of carbonyl (C=O) groups excluding carboxylic acids is 2. The lowest BCUT2D eigenvalue weighted by atomic mass is 9.82. The number of nitrogens with zero attached hydrogens (tertiary/aromatic N) is 1. The number of benzene rings is 2. The van der Waals surface area contributed by atoms with Gasteiger partial charge in [0, 0.05) is 15.3 Å². The molecule has 2 atom stereocenters. The maximum absolute atomic E-state index is 14.0. The van der Waals surface area contributed by atoms with Gasteiger partial charge in [0.2, 0.25) is 5.91 Å². The van der Waals surface area contributed by atoms with E-state index < -0.39 is 6.04 Å². The molecule has 1 aliphatic carbocycles. The highest BCUT2D eigenvalue weighted by Gasteiger charge is 2.39. The van der Waals surface area contributed by atoms with Gasteiger partial charge in [-0.3, -0.25) is 14.5 Å². The summed E-state index contributed by atoms with van der Waals surface area (Å²) in [5, 5.41) is 3.30. The number of halogens is 1. The fourth-order valence-corrected chi connectivity index (χ4v) is 5.38. The van der Waals surface area contributed by atoms with E-state index in [1.165, 1.54) is 6.42 Å². The first-order valence-electron chi connectivity index (χ1n) is 12.0. The van der Waals surface area contributed by atoms with Crippen LogP contribution in [-0.2, 0) is 4.79 Å². The topological polar surface area (TPSA) is 49.4 Å². The lowest BCUT2D eigenvalue weighted by molar-refractivity contribution is -0.124. The molecule has 0 aliphatic heterocycles. The van der Waals surface area contributed by atoms with Crippen LogP contribution in [0.25, 0.3) is 0 Å². The minimum absolute atomic E-state index is 0.0136. The summed E-state index contributed by atoms with van der Waals surface area (Å²) in [6.45, 7) is 4.26. The maximum Gasteiger partial charge on any atom is 0.260 e. The van der Waals surface area contributed by atoms with Crippen LogP contribution in [0.3, 0.4) is 0 Å². The molecule has 1 saturated carbocycles. The minimum atomic E-state index is -0.507. The Morgan fingerprint density at radius 2 is 1.66 bits per heavy atom. The van der Waals surface area contributed by atoms with Crippen molar-refractivity contribution >= 4 is 40.1 Å². The quantitative estimate of drug-likeness (QED) is 0.361. The zero-order valence-electron chi connectivity index (χ0n) is 19.2. The van der Waals surface area contributed by atoms with E-state index >= 15 is 0 Å². The minimum Gasteiger partial charge on any atom is -0.352 e. The molecule has 32 heavy (non-hydrogen) atoms. The third-order valence-electron chi connectivity index (χ3n) is 6.48. The second-order valence-electron chi connectivity index (χ2n) is 8.74. The van der Waals surface area contributed by atoms with E-state index in [-0.39, 0.29) is 23.8 Å². The van der Waals surface area contributed by atoms with Gasteiger partial charge in [-0.2, -0.15) is 0 Å². The summed E-state index contributed by atoms with van der Waals surface area (Å²) in [6, 6.07) is 17.0. The van der Waals surface area contributed by atoms with Gasteiger partial charge in [-0.15, -0.1) is 0 Å². The number of hydrogen-bond acceptors (Lipinski definition) is 2. The summed E-state index contributed by atoms with van der Waals surface area (Å²) < 4.78 is 0.899. The number of anilines is 1. The molecule has 2 aromatic carbocycles. The van der Waals surface area contributed by atoms with Crippen LogP contribution < -0.4 is 10.2 Å². The van der Waals surface area contributed by atoms with E-state index in [0.29, 0.717) is 5.56 Å². The number of rotatable bonds is 9. The first kappa shape index (κ1) is 24.7. The van der Waals surface area contributed by atoms with Gasteiger partial charge in [0.05, 0.1) is 5.56 Å². The Bertz CT molecular complexity index is 880. The van der Waals surface area contributed by atoms with Crippen LogP contribution in [0.4, 0.5) is 5.69 Å². The Balaban J connectivity index is 2.05. The van der Waals surface area contributed by atoms with Crippen molar-refractivity contribution in [3.8, 4) is 0 Å². The van der Waals surface area contributed by atoms with Crippen molar-refractivity contribution in [1.82, 2.24) is 5.32 Å². The van der Waals surface area contributed by atoms with Crippen LogP contribution in [0.2, 0.25) is 0 Å². The summed E-state index contributed by atoms with van der Waals surface area (Å²) in [4.78, 5) is 29.6. The largest absolute Gasteiger partial charge is 0.352 e. The molecule has 0 spiro atoms. The first-order valence-corrected chi connectivity index (χ1v) is 13.1. The third-order valence-corrected chi connectivity index (χ3v) is 7.42. The van der Waals surface area contributed by atoms with Crippen LogP contribution >= 0.6 is 22.6 Å². The van der Waals surface area contributed by atoms with Crippen LogP contribution in [0.15, 0.2) is 54.6 Å². The van der Waals surface area contributed by atoms with Crippen molar-refractivity contribution in [2.75, 3.05) is 4.90 Å². The Morgan fingerprint density at radius 1 is 1.00 bits per heavy atom. The molecule has 1 aliphatic rings. The van der Waals surface area contributed by atoms with Crippen molar-refractivity contribution in [2.24, 2.45) is 5.92 Å². The van der Waals surface area contributed by atoms with Gasteiger partial charge in [0.15, 0.2) is 0 Å². The lowest BCUT2D eigenvalue weighted by Crippen LogP contribution is -2.56. The molecule has 5 heteroatoms. The normalized spacial score (nSPS) is 16.2. The number of amides is 2. The van der Waals surface area contributed by atoms with Gasteiger partial charge >= 0.3 is 0 Å². The molecule has 1 N–H and O–H groups in total. The fraction of sp³-hybridized carbons (Fsp3) is 0.481. The zero-order valence-corrected chi connectivity index (χ0v) is 21.4. The van der Waals surface area contributed by atoms with Crippen LogP contribution in [0, 0.1) is 9.49 Å². The first-order chi connectivity index (χ1) is 15.6. The lowest BCUT2D eigenvalue weighted by Gasteiger charge is -2.38. The summed E-state index contributed by atoms with van der Waals surface area (Å²) in [7, 11) is 0. The molecular formula is C27H35IN2O2. The summed E-state index contributed by atoms with van der Waals surface area (Å²) in [6.07, 6.45) is 8.25. The van der Waals surface area contributed by atoms with Gasteiger partial charge in [0.1, 0.15) is 6.04 Å².